The van der Waals surface area contributed by atoms with Crippen LogP contribution in [0.3, 0.4) is 0 Å². The number of unbranched alkanes of at least 4 members (excludes halogenated alkanes) is 1. The zero-order valence-corrected chi connectivity index (χ0v) is 9.74. The van der Waals surface area contributed by atoms with Crippen LogP contribution in [0.15, 0.2) is 0 Å². The fraction of sp³-hybridized carbons (Fsp3) is 1.00. The van der Waals surface area contributed by atoms with Gasteiger partial charge in [-0.05, 0) is 25.9 Å². The lowest BCUT2D eigenvalue weighted by atomic mass is 10.2. The quantitative estimate of drug-likeness (QED) is 0.591. The van der Waals surface area contributed by atoms with Crippen LogP contribution >= 0.6 is 0 Å². The number of hydrogen-bond donors (Lipinski definition) is 2. The molecular weight excluding hydrogens is 192 g/mol. The van der Waals surface area contributed by atoms with Crippen LogP contribution < -0.4 is 5.32 Å². The molecule has 1 fully saturated rings. The molecule has 15 heavy (non-hydrogen) atoms. The minimum absolute atomic E-state index is 0.297. The Labute approximate surface area is 92.6 Å². The van der Waals surface area contributed by atoms with Crippen LogP contribution in [0, 0.1) is 0 Å². The first kappa shape index (κ1) is 12.9. The monoisotopic (exact) mass is 216 g/mol. The Bertz CT molecular complexity index is 156. The predicted molar refractivity (Wildman–Crippen MR) is 61.0 cm³/mol. The number of ether oxygens (including phenoxy) is 1. The van der Waals surface area contributed by atoms with Crippen molar-refractivity contribution in [3.63, 3.8) is 0 Å². The first-order valence-corrected chi connectivity index (χ1v) is 6.02. The van der Waals surface area contributed by atoms with Gasteiger partial charge < -0.3 is 15.2 Å². The van der Waals surface area contributed by atoms with E-state index in [-0.39, 0.29) is 0 Å². The molecule has 2 N–H and O–H groups in total. The summed E-state index contributed by atoms with van der Waals surface area (Å²) >= 11 is 0. The fourth-order valence-corrected chi connectivity index (χ4v) is 1.82. The van der Waals surface area contributed by atoms with Gasteiger partial charge in [0.05, 0.1) is 12.7 Å². The third-order valence-corrected chi connectivity index (χ3v) is 2.80. The van der Waals surface area contributed by atoms with Crippen molar-refractivity contribution in [2.75, 3.05) is 45.9 Å². The van der Waals surface area contributed by atoms with E-state index in [0.717, 1.165) is 52.2 Å². The Kier molecular flexibility index (Phi) is 6.92. The Balaban J connectivity index is 2.00. The lowest BCUT2D eigenvalue weighted by Crippen LogP contribution is -2.46. The first-order chi connectivity index (χ1) is 7.36. The molecule has 0 radical (unpaired) electrons. The molecule has 0 spiro atoms. The zero-order valence-electron chi connectivity index (χ0n) is 9.74. The van der Waals surface area contributed by atoms with Crippen molar-refractivity contribution in [3.05, 3.63) is 0 Å². The van der Waals surface area contributed by atoms with Gasteiger partial charge in [-0.1, -0.05) is 6.92 Å². The highest BCUT2D eigenvalue weighted by molar-refractivity contribution is 4.72. The van der Waals surface area contributed by atoms with Crippen LogP contribution in [0.4, 0.5) is 0 Å². The Morgan fingerprint density at radius 1 is 1.47 bits per heavy atom. The molecule has 0 aromatic heterocycles. The third-order valence-electron chi connectivity index (χ3n) is 2.80. The smallest absolute Gasteiger partial charge is 0.0826 e. The van der Waals surface area contributed by atoms with Gasteiger partial charge in [-0.15, -0.1) is 0 Å². The molecule has 0 saturated carbocycles. The highest BCUT2D eigenvalue weighted by atomic mass is 16.5. The predicted octanol–water partition coefficient (Wildman–Crippen LogP) is 0.0692. The van der Waals surface area contributed by atoms with E-state index < -0.39 is 0 Å². The molecule has 1 aliphatic rings. The Morgan fingerprint density at radius 2 is 2.33 bits per heavy atom. The van der Waals surface area contributed by atoms with E-state index in [0.29, 0.717) is 12.7 Å². The number of hydrogen-bond acceptors (Lipinski definition) is 4. The van der Waals surface area contributed by atoms with Crippen molar-refractivity contribution >= 4 is 0 Å². The average Bonchev–Trinajstić information content (AvgIpc) is 2.29. The number of aliphatic hydroxyl groups is 1. The summed E-state index contributed by atoms with van der Waals surface area (Å²) in [5.41, 5.74) is 0. The van der Waals surface area contributed by atoms with Crippen molar-refractivity contribution in [1.29, 1.82) is 0 Å². The maximum Gasteiger partial charge on any atom is 0.0826 e. The summed E-state index contributed by atoms with van der Waals surface area (Å²) in [6.07, 6.45) is 2.27. The lowest BCUT2D eigenvalue weighted by molar-refractivity contribution is -0.0251. The van der Waals surface area contributed by atoms with Crippen molar-refractivity contribution < 1.29 is 9.84 Å². The van der Waals surface area contributed by atoms with E-state index in [1.165, 1.54) is 0 Å². The number of likely N-dealkylation sites (N-methyl/N-ethyl adjacent to an activating group) is 1. The minimum Gasteiger partial charge on any atom is -0.396 e. The zero-order chi connectivity index (χ0) is 10.9. The fourth-order valence-electron chi connectivity index (χ4n) is 1.82. The van der Waals surface area contributed by atoms with Gasteiger partial charge in [-0.2, -0.15) is 0 Å². The molecule has 90 valence electrons. The van der Waals surface area contributed by atoms with Gasteiger partial charge in [0.25, 0.3) is 0 Å². The molecule has 1 atom stereocenters. The van der Waals surface area contributed by atoms with Crippen molar-refractivity contribution in [2.24, 2.45) is 0 Å². The molecule has 1 aliphatic heterocycles. The van der Waals surface area contributed by atoms with Crippen molar-refractivity contribution in [2.45, 2.75) is 25.9 Å². The second kappa shape index (κ2) is 8.05. The van der Waals surface area contributed by atoms with Crippen LogP contribution in [-0.2, 0) is 4.74 Å². The normalized spacial score (nSPS) is 23.2. The molecule has 1 heterocycles. The van der Waals surface area contributed by atoms with Crippen molar-refractivity contribution in [1.82, 2.24) is 10.2 Å². The highest BCUT2D eigenvalue weighted by Crippen LogP contribution is 2.03. The van der Waals surface area contributed by atoms with Crippen LogP contribution in [0.5, 0.6) is 0 Å². The number of aliphatic hydroxyl groups excluding tert-OH is 1. The largest absolute Gasteiger partial charge is 0.396 e. The molecule has 0 aromatic rings. The molecule has 1 unspecified atom stereocenters. The van der Waals surface area contributed by atoms with Crippen LogP contribution in [0.2, 0.25) is 0 Å². The molecule has 0 aromatic carbocycles. The molecule has 0 bridgehead atoms. The summed E-state index contributed by atoms with van der Waals surface area (Å²) in [7, 11) is 0. The van der Waals surface area contributed by atoms with E-state index >= 15 is 0 Å². The standard InChI is InChI=1S/C11H24N2O2/c1-2-13-6-8-15-11(10-13)9-12-5-3-4-7-14/h11-12,14H,2-10H2,1H3. The van der Waals surface area contributed by atoms with E-state index in [4.69, 9.17) is 9.84 Å². The van der Waals surface area contributed by atoms with Crippen molar-refractivity contribution in [3.8, 4) is 0 Å². The number of morpholine rings is 1. The summed E-state index contributed by atoms with van der Waals surface area (Å²) in [5.74, 6) is 0. The molecule has 0 aliphatic carbocycles. The number of nitrogens with zero attached hydrogens (tertiary/aromatic N) is 1. The third kappa shape index (κ3) is 5.47. The molecule has 1 rings (SSSR count). The Hall–Kier alpha value is -0.160. The first-order valence-electron chi connectivity index (χ1n) is 6.02. The topological polar surface area (TPSA) is 44.7 Å². The van der Waals surface area contributed by atoms with Crippen LogP contribution in [-0.4, -0.2) is 62.0 Å². The summed E-state index contributed by atoms with van der Waals surface area (Å²) in [6, 6.07) is 0. The lowest BCUT2D eigenvalue weighted by Gasteiger charge is -2.32. The van der Waals surface area contributed by atoms with Crippen LogP contribution in [0.25, 0.3) is 0 Å². The maximum absolute atomic E-state index is 8.62. The Morgan fingerprint density at radius 3 is 3.07 bits per heavy atom. The van der Waals surface area contributed by atoms with Gasteiger partial charge in [0.15, 0.2) is 0 Å². The molecule has 4 heteroatoms. The van der Waals surface area contributed by atoms with E-state index in [2.05, 4.69) is 17.1 Å². The van der Waals surface area contributed by atoms with Crippen LogP contribution in [0.1, 0.15) is 19.8 Å². The van der Waals surface area contributed by atoms with E-state index in [9.17, 15) is 0 Å². The van der Waals surface area contributed by atoms with Gasteiger partial charge in [-0.25, -0.2) is 0 Å². The van der Waals surface area contributed by atoms with Gasteiger partial charge in [0.1, 0.15) is 0 Å². The summed E-state index contributed by atoms with van der Waals surface area (Å²) in [4.78, 5) is 2.42. The van der Waals surface area contributed by atoms with Gasteiger partial charge in [0.2, 0.25) is 0 Å². The second-order valence-electron chi connectivity index (χ2n) is 4.02. The SMILES string of the molecule is CCN1CCOC(CNCCCCO)C1. The summed E-state index contributed by atoms with van der Waals surface area (Å²) < 4.78 is 5.66. The molecular formula is C11H24N2O2. The molecule has 1 saturated heterocycles. The maximum atomic E-state index is 8.62. The minimum atomic E-state index is 0.297. The van der Waals surface area contributed by atoms with E-state index in [1.54, 1.807) is 0 Å². The molecule has 4 nitrogen and oxygen atoms in total. The summed E-state index contributed by atoms with van der Waals surface area (Å²) in [5, 5.41) is 12.0. The second-order valence-corrected chi connectivity index (χ2v) is 4.02. The average molecular weight is 216 g/mol. The molecule has 0 amide bonds. The number of rotatable bonds is 7. The van der Waals surface area contributed by atoms with Gasteiger partial charge in [0, 0.05) is 26.2 Å². The van der Waals surface area contributed by atoms with E-state index in [1.807, 2.05) is 0 Å². The van der Waals surface area contributed by atoms with Gasteiger partial charge in [-0.3, -0.25) is 4.90 Å². The summed E-state index contributed by atoms with van der Waals surface area (Å²) in [6.45, 7) is 8.49. The highest BCUT2D eigenvalue weighted by Gasteiger charge is 2.18. The van der Waals surface area contributed by atoms with Gasteiger partial charge >= 0.3 is 0 Å². The number of nitrogens with one attached hydrogen (secondary N) is 1.